The summed E-state index contributed by atoms with van der Waals surface area (Å²) < 4.78 is 1.98. The average Bonchev–Trinajstić information content (AvgIpc) is 3.24. The SMILES string of the molecule is CCN1CCN(C(=O)c2nn(-c3ccccc3)c3c2CCC3)CC1. The minimum Gasteiger partial charge on any atom is -0.335 e. The van der Waals surface area contributed by atoms with Gasteiger partial charge in [-0.1, -0.05) is 25.1 Å². The van der Waals surface area contributed by atoms with Crippen LogP contribution in [0.3, 0.4) is 0 Å². The molecule has 5 heteroatoms. The van der Waals surface area contributed by atoms with Crippen LogP contribution < -0.4 is 0 Å². The van der Waals surface area contributed by atoms with Crippen molar-refractivity contribution < 1.29 is 4.79 Å². The molecular formula is C19H24N4O. The van der Waals surface area contributed by atoms with Crippen LogP contribution in [0.2, 0.25) is 0 Å². The third kappa shape index (κ3) is 2.63. The van der Waals surface area contributed by atoms with Crippen LogP contribution in [-0.4, -0.2) is 58.2 Å². The van der Waals surface area contributed by atoms with E-state index in [-0.39, 0.29) is 5.91 Å². The molecule has 2 aliphatic rings. The molecule has 4 rings (SSSR count). The molecule has 1 fully saturated rings. The minimum absolute atomic E-state index is 0.110. The Kier molecular flexibility index (Phi) is 4.10. The Bertz CT molecular complexity index is 729. The van der Waals surface area contributed by atoms with Gasteiger partial charge in [-0.25, -0.2) is 4.68 Å². The number of hydrogen-bond acceptors (Lipinski definition) is 3. The summed E-state index contributed by atoms with van der Waals surface area (Å²) in [7, 11) is 0. The van der Waals surface area contributed by atoms with Gasteiger partial charge in [-0.05, 0) is 37.9 Å². The van der Waals surface area contributed by atoms with Gasteiger partial charge in [-0.3, -0.25) is 4.79 Å². The number of rotatable bonds is 3. The van der Waals surface area contributed by atoms with E-state index in [2.05, 4.69) is 24.0 Å². The Morgan fingerprint density at radius 1 is 1.08 bits per heavy atom. The van der Waals surface area contributed by atoms with Crippen LogP contribution in [-0.2, 0) is 12.8 Å². The van der Waals surface area contributed by atoms with Gasteiger partial charge in [0.15, 0.2) is 5.69 Å². The van der Waals surface area contributed by atoms with Gasteiger partial charge < -0.3 is 9.80 Å². The van der Waals surface area contributed by atoms with E-state index in [1.165, 1.54) is 11.3 Å². The van der Waals surface area contributed by atoms with Crippen LogP contribution in [0.25, 0.3) is 5.69 Å². The number of carbonyl (C=O) groups excluding carboxylic acids is 1. The second-order valence-electron chi connectivity index (χ2n) is 6.60. The number of benzene rings is 1. The van der Waals surface area contributed by atoms with E-state index in [0.717, 1.165) is 57.7 Å². The Morgan fingerprint density at radius 2 is 1.83 bits per heavy atom. The Labute approximate surface area is 142 Å². The van der Waals surface area contributed by atoms with Gasteiger partial charge in [0.05, 0.1) is 5.69 Å². The minimum atomic E-state index is 0.110. The maximum Gasteiger partial charge on any atom is 0.274 e. The number of piperazine rings is 1. The molecule has 1 aromatic heterocycles. The molecule has 1 amide bonds. The molecular weight excluding hydrogens is 300 g/mol. The average molecular weight is 324 g/mol. The van der Waals surface area contributed by atoms with Crippen molar-refractivity contribution in [2.75, 3.05) is 32.7 Å². The lowest BCUT2D eigenvalue weighted by Gasteiger charge is -2.33. The first-order chi connectivity index (χ1) is 11.8. The van der Waals surface area contributed by atoms with E-state index >= 15 is 0 Å². The molecule has 0 unspecified atom stereocenters. The van der Waals surface area contributed by atoms with Crippen molar-refractivity contribution in [1.82, 2.24) is 19.6 Å². The second kappa shape index (κ2) is 6.40. The van der Waals surface area contributed by atoms with Crippen molar-refractivity contribution >= 4 is 5.91 Å². The third-order valence-electron chi connectivity index (χ3n) is 5.24. The van der Waals surface area contributed by atoms with Crippen molar-refractivity contribution in [2.24, 2.45) is 0 Å². The number of likely N-dealkylation sites (N-methyl/N-ethyl adjacent to an activating group) is 1. The predicted molar refractivity (Wildman–Crippen MR) is 93.6 cm³/mol. The fraction of sp³-hybridized carbons (Fsp3) is 0.474. The topological polar surface area (TPSA) is 41.4 Å². The molecule has 24 heavy (non-hydrogen) atoms. The summed E-state index contributed by atoms with van der Waals surface area (Å²) in [5.41, 5.74) is 4.11. The molecule has 0 saturated carbocycles. The number of amides is 1. The summed E-state index contributed by atoms with van der Waals surface area (Å²) in [6.07, 6.45) is 3.09. The zero-order valence-electron chi connectivity index (χ0n) is 14.2. The van der Waals surface area contributed by atoms with Crippen LogP contribution in [0.15, 0.2) is 30.3 Å². The Morgan fingerprint density at radius 3 is 2.54 bits per heavy atom. The lowest BCUT2D eigenvalue weighted by molar-refractivity contribution is 0.0636. The van der Waals surface area contributed by atoms with Gasteiger partial charge in [0, 0.05) is 37.4 Å². The Balaban J connectivity index is 1.63. The molecule has 0 N–H and O–H groups in total. The molecule has 0 bridgehead atoms. The first-order valence-corrected chi connectivity index (χ1v) is 8.95. The van der Waals surface area contributed by atoms with Gasteiger partial charge in [0.25, 0.3) is 5.91 Å². The quantitative estimate of drug-likeness (QED) is 0.868. The lowest BCUT2D eigenvalue weighted by Crippen LogP contribution is -2.48. The first-order valence-electron chi connectivity index (χ1n) is 8.95. The van der Waals surface area contributed by atoms with Crippen LogP contribution in [0.4, 0.5) is 0 Å². The molecule has 1 saturated heterocycles. The van der Waals surface area contributed by atoms with Crippen molar-refractivity contribution in [2.45, 2.75) is 26.2 Å². The van der Waals surface area contributed by atoms with Crippen molar-refractivity contribution in [3.63, 3.8) is 0 Å². The van der Waals surface area contributed by atoms with Crippen molar-refractivity contribution in [3.8, 4) is 5.69 Å². The standard InChI is InChI=1S/C19H24N4O/c1-2-21-11-13-22(14-12-21)19(24)18-16-9-6-10-17(16)23(20-18)15-7-4-3-5-8-15/h3-5,7-8H,2,6,9-14H2,1H3. The summed E-state index contributed by atoms with van der Waals surface area (Å²) in [5, 5.41) is 4.73. The smallest absolute Gasteiger partial charge is 0.274 e. The van der Waals surface area contributed by atoms with E-state index in [4.69, 9.17) is 5.10 Å². The van der Waals surface area contributed by atoms with E-state index in [1.54, 1.807) is 0 Å². The summed E-state index contributed by atoms with van der Waals surface area (Å²) in [4.78, 5) is 17.4. The number of nitrogens with zero attached hydrogens (tertiary/aromatic N) is 4. The normalized spacial score (nSPS) is 18.0. The summed E-state index contributed by atoms with van der Waals surface area (Å²) in [6.45, 7) is 6.76. The van der Waals surface area contributed by atoms with Gasteiger partial charge >= 0.3 is 0 Å². The van der Waals surface area contributed by atoms with Crippen LogP contribution >= 0.6 is 0 Å². The molecule has 1 aliphatic heterocycles. The van der Waals surface area contributed by atoms with Gasteiger partial charge in [0.1, 0.15) is 0 Å². The number of aromatic nitrogens is 2. The number of carbonyl (C=O) groups is 1. The molecule has 5 nitrogen and oxygen atoms in total. The number of hydrogen-bond donors (Lipinski definition) is 0. The highest BCUT2D eigenvalue weighted by Crippen LogP contribution is 2.28. The molecule has 126 valence electrons. The zero-order chi connectivity index (χ0) is 16.5. The molecule has 2 aromatic rings. The monoisotopic (exact) mass is 324 g/mol. The molecule has 1 aromatic carbocycles. The highest BCUT2D eigenvalue weighted by Gasteiger charge is 2.30. The van der Waals surface area contributed by atoms with Crippen molar-refractivity contribution in [1.29, 1.82) is 0 Å². The highest BCUT2D eigenvalue weighted by molar-refractivity contribution is 5.94. The van der Waals surface area contributed by atoms with E-state index in [1.807, 2.05) is 27.8 Å². The molecule has 0 radical (unpaired) electrons. The Hall–Kier alpha value is -2.14. The largest absolute Gasteiger partial charge is 0.335 e. The highest BCUT2D eigenvalue weighted by atomic mass is 16.2. The van der Waals surface area contributed by atoms with Gasteiger partial charge in [-0.2, -0.15) is 5.10 Å². The lowest BCUT2D eigenvalue weighted by atomic mass is 10.1. The fourth-order valence-corrected chi connectivity index (χ4v) is 3.81. The first kappa shape index (κ1) is 15.4. The fourth-order valence-electron chi connectivity index (χ4n) is 3.81. The summed E-state index contributed by atoms with van der Waals surface area (Å²) in [5.74, 6) is 0.110. The maximum absolute atomic E-state index is 13.0. The predicted octanol–water partition coefficient (Wildman–Crippen LogP) is 2.14. The van der Waals surface area contributed by atoms with Crippen molar-refractivity contribution in [3.05, 3.63) is 47.3 Å². The van der Waals surface area contributed by atoms with Crippen LogP contribution in [0, 0.1) is 0 Å². The third-order valence-corrected chi connectivity index (χ3v) is 5.24. The number of para-hydroxylation sites is 1. The molecule has 0 spiro atoms. The van der Waals surface area contributed by atoms with E-state index in [9.17, 15) is 4.79 Å². The zero-order valence-corrected chi connectivity index (χ0v) is 14.2. The molecule has 1 aliphatic carbocycles. The van der Waals surface area contributed by atoms with Crippen LogP contribution in [0.1, 0.15) is 35.1 Å². The van der Waals surface area contributed by atoms with Crippen LogP contribution in [0.5, 0.6) is 0 Å². The summed E-state index contributed by atoms with van der Waals surface area (Å²) in [6, 6.07) is 10.2. The molecule has 0 atom stereocenters. The van der Waals surface area contributed by atoms with E-state index in [0.29, 0.717) is 5.69 Å². The second-order valence-corrected chi connectivity index (χ2v) is 6.60. The summed E-state index contributed by atoms with van der Waals surface area (Å²) >= 11 is 0. The van der Waals surface area contributed by atoms with Gasteiger partial charge in [0.2, 0.25) is 0 Å². The molecule has 2 heterocycles. The number of fused-ring (bicyclic) bond motifs is 1. The van der Waals surface area contributed by atoms with Gasteiger partial charge in [-0.15, -0.1) is 0 Å². The maximum atomic E-state index is 13.0. The van der Waals surface area contributed by atoms with E-state index < -0.39 is 0 Å².